The fraction of sp³-hybridized carbons (Fsp3) is 0.923. The summed E-state index contributed by atoms with van der Waals surface area (Å²) in [6.45, 7) is 5.28. The van der Waals surface area contributed by atoms with E-state index >= 15 is 0 Å². The van der Waals surface area contributed by atoms with Gasteiger partial charge >= 0.3 is 5.97 Å². The molecule has 2 aliphatic heterocycles. The number of carboxylic acid groups (broad SMARTS) is 1. The van der Waals surface area contributed by atoms with Crippen LogP contribution in [0.3, 0.4) is 0 Å². The molecule has 2 saturated heterocycles. The number of rotatable bonds is 4. The van der Waals surface area contributed by atoms with E-state index in [9.17, 15) is 4.79 Å². The fourth-order valence-corrected chi connectivity index (χ4v) is 2.87. The summed E-state index contributed by atoms with van der Waals surface area (Å²) in [6.07, 6.45) is 3.49. The molecule has 0 aromatic heterocycles. The predicted molar refractivity (Wildman–Crippen MR) is 66.6 cm³/mol. The Bertz CT molecular complexity index is 284. The van der Waals surface area contributed by atoms with Gasteiger partial charge in [-0.1, -0.05) is 6.92 Å². The highest BCUT2D eigenvalue weighted by Crippen LogP contribution is 2.23. The van der Waals surface area contributed by atoms with E-state index in [1.807, 2.05) is 0 Å². The van der Waals surface area contributed by atoms with Crippen LogP contribution in [0, 0.1) is 0 Å². The smallest absolute Gasteiger partial charge is 0.306 e. The van der Waals surface area contributed by atoms with Gasteiger partial charge in [-0.2, -0.15) is 0 Å². The first kappa shape index (κ1) is 13.8. The Morgan fingerprint density at radius 3 is 2.83 bits per heavy atom. The van der Waals surface area contributed by atoms with Gasteiger partial charge in [0, 0.05) is 25.7 Å². The molecule has 2 aliphatic rings. The van der Waals surface area contributed by atoms with Gasteiger partial charge in [-0.25, -0.2) is 0 Å². The van der Waals surface area contributed by atoms with Gasteiger partial charge in [0.05, 0.1) is 25.2 Å². The molecule has 2 heterocycles. The second kappa shape index (κ2) is 6.50. The van der Waals surface area contributed by atoms with E-state index in [2.05, 4.69) is 11.8 Å². The first-order valence-electron chi connectivity index (χ1n) is 6.88. The fourth-order valence-electron chi connectivity index (χ4n) is 2.87. The lowest BCUT2D eigenvalue weighted by molar-refractivity contribution is -0.143. The summed E-state index contributed by atoms with van der Waals surface area (Å²) in [7, 11) is 0. The molecule has 2 fully saturated rings. The lowest BCUT2D eigenvalue weighted by atomic mass is 9.99. The third kappa shape index (κ3) is 3.67. The number of morpholine rings is 1. The van der Waals surface area contributed by atoms with Crippen LogP contribution in [0.4, 0.5) is 0 Å². The highest BCUT2D eigenvalue weighted by atomic mass is 16.5. The van der Waals surface area contributed by atoms with Gasteiger partial charge in [-0.05, 0) is 19.3 Å². The highest BCUT2D eigenvalue weighted by Gasteiger charge is 2.31. The van der Waals surface area contributed by atoms with Gasteiger partial charge in [-0.3, -0.25) is 9.69 Å². The molecule has 3 atom stereocenters. The minimum absolute atomic E-state index is 0.108. The summed E-state index contributed by atoms with van der Waals surface area (Å²) in [4.78, 5) is 13.1. The number of carboxylic acids is 1. The van der Waals surface area contributed by atoms with Crippen molar-refractivity contribution in [1.29, 1.82) is 0 Å². The molecule has 104 valence electrons. The molecule has 18 heavy (non-hydrogen) atoms. The van der Waals surface area contributed by atoms with E-state index in [1.54, 1.807) is 0 Å². The maximum absolute atomic E-state index is 10.7. The minimum atomic E-state index is -0.778. The van der Waals surface area contributed by atoms with Crippen LogP contribution in [0.15, 0.2) is 0 Å². The third-order valence-electron chi connectivity index (χ3n) is 3.88. The molecule has 0 aromatic rings. The molecule has 0 aromatic carbocycles. The molecule has 0 saturated carbocycles. The first-order chi connectivity index (χ1) is 8.69. The van der Waals surface area contributed by atoms with Crippen LogP contribution in [0.1, 0.15) is 32.6 Å². The Labute approximate surface area is 108 Å². The van der Waals surface area contributed by atoms with Crippen LogP contribution in [0.25, 0.3) is 0 Å². The molecule has 1 N–H and O–H groups in total. The van der Waals surface area contributed by atoms with Gasteiger partial charge in [0.25, 0.3) is 0 Å². The zero-order chi connectivity index (χ0) is 13.0. The summed E-state index contributed by atoms with van der Waals surface area (Å²) in [5.74, 6) is -0.778. The summed E-state index contributed by atoms with van der Waals surface area (Å²) in [5.41, 5.74) is 0. The quantitative estimate of drug-likeness (QED) is 0.818. The number of hydrogen-bond donors (Lipinski definition) is 1. The Hall–Kier alpha value is -0.650. The zero-order valence-corrected chi connectivity index (χ0v) is 11.0. The predicted octanol–water partition coefficient (Wildman–Crippen LogP) is 1.12. The van der Waals surface area contributed by atoms with Crippen LogP contribution in [0.2, 0.25) is 0 Å². The van der Waals surface area contributed by atoms with E-state index < -0.39 is 5.97 Å². The molecular weight excluding hydrogens is 234 g/mol. The number of carbonyl (C=O) groups is 1. The normalized spacial score (nSPS) is 34.4. The molecule has 2 rings (SSSR count). The number of hydrogen-bond acceptors (Lipinski definition) is 4. The van der Waals surface area contributed by atoms with Gasteiger partial charge in [0.15, 0.2) is 0 Å². The lowest BCUT2D eigenvalue weighted by Gasteiger charge is -2.41. The number of ether oxygens (including phenoxy) is 2. The average Bonchev–Trinajstić information content (AvgIpc) is 2.38. The molecular formula is C13H23NO4. The molecule has 5 heteroatoms. The second-order valence-electron chi connectivity index (χ2n) is 5.16. The Kier molecular flexibility index (Phi) is 4.97. The summed E-state index contributed by atoms with van der Waals surface area (Å²) >= 11 is 0. The number of aliphatic carboxylic acids is 1. The van der Waals surface area contributed by atoms with Crippen LogP contribution < -0.4 is 0 Å². The van der Waals surface area contributed by atoms with Crippen molar-refractivity contribution in [3.8, 4) is 0 Å². The molecule has 0 radical (unpaired) electrons. The topological polar surface area (TPSA) is 59.0 Å². The summed E-state index contributed by atoms with van der Waals surface area (Å²) < 4.78 is 11.2. The van der Waals surface area contributed by atoms with Crippen LogP contribution in [-0.2, 0) is 14.3 Å². The van der Waals surface area contributed by atoms with E-state index in [0.717, 1.165) is 39.0 Å². The van der Waals surface area contributed by atoms with Crippen molar-refractivity contribution >= 4 is 5.97 Å². The third-order valence-corrected chi connectivity index (χ3v) is 3.88. The summed E-state index contributed by atoms with van der Waals surface area (Å²) in [6, 6.07) is 0.531. The van der Waals surface area contributed by atoms with E-state index in [-0.39, 0.29) is 12.5 Å². The zero-order valence-electron chi connectivity index (χ0n) is 11.0. The maximum Gasteiger partial charge on any atom is 0.306 e. The van der Waals surface area contributed by atoms with Gasteiger partial charge in [-0.15, -0.1) is 0 Å². The average molecular weight is 257 g/mol. The van der Waals surface area contributed by atoms with Crippen molar-refractivity contribution in [3.05, 3.63) is 0 Å². The van der Waals surface area contributed by atoms with E-state index in [1.165, 1.54) is 0 Å². The van der Waals surface area contributed by atoms with Crippen molar-refractivity contribution in [3.63, 3.8) is 0 Å². The van der Waals surface area contributed by atoms with E-state index in [0.29, 0.717) is 18.8 Å². The Balaban J connectivity index is 1.85. The first-order valence-corrected chi connectivity index (χ1v) is 6.88. The molecule has 0 bridgehead atoms. The standard InChI is InChI=1S/C13H23NO4/c1-2-11-7-10(3-5-17-11)14-4-6-18-12(9-14)8-13(15)16/h10-12H,2-9H2,1H3,(H,15,16). The van der Waals surface area contributed by atoms with Crippen LogP contribution >= 0.6 is 0 Å². The van der Waals surface area contributed by atoms with E-state index in [4.69, 9.17) is 14.6 Å². The van der Waals surface area contributed by atoms with Crippen molar-refractivity contribution in [2.24, 2.45) is 0 Å². The highest BCUT2D eigenvalue weighted by molar-refractivity contribution is 5.67. The second-order valence-corrected chi connectivity index (χ2v) is 5.16. The van der Waals surface area contributed by atoms with Crippen LogP contribution in [0.5, 0.6) is 0 Å². The van der Waals surface area contributed by atoms with Gasteiger partial charge in [0.1, 0.15) is 0 Å². The minimum Gasteiger partial charge on any atom is -0.481 e. The molecule has 5 nitrogen and oxygen atoms in total. The van der Waals surface area contributed by atoms with Crippen molar-refractivity contribution in [1.82, 2.24) is 4.90 Å². The monoisotopic (exact) mass is 257 g/mol. The maximum atomic E-state index is 10.7. The van der Waals surface area contributed by atoms with Gasteiger partial charge in [0.2, 0.25) is 0 Å². The van der Waals surface area contributed by atoms with Crippen LogP contribution in [-0.4, -0.2) is 60.5 Å². The Morgan fingerprint density at radius 2 is 2.11 bits per heavy atom. The lowest BCUT2D eigenvalue weighted by Crippen LogP contribution is -2.51. The summed E-state index contributed by atoms with van der Waals surface area (Å²) in [5, 5.41) is 8.82. The number of nitrogens with zero attached hydrogens (tertiary/aromatic N) is 1. The Morgan fingerprint density at radius 1 is 1.33 bits per heavy atom. The molecule has 3 unspecified atom stereocenters. The molecule has 0 spiro atoms. The van der Waals surface area contributed by atoms with Gasteiger partial charge < -0.3 is 14.6 Å². The largest absolute Gasteiger partial charge is 0.481 e. The molecule has 0 aliphatic carbocycles. The van der Waals surface area contributed by atoms with Crippen molar-refractivity contribution in [2.75, 3.05) is 26.3 Å². The molecule has 0 amide bonds. The van der Waals surface area contributed by atoms with Crippen molar-refractivity contribution in [2.45, 2.75) is 50.9 Å². The van der Waals surface area contributed by atoms with Crippen molar-refractivity contribution < 1.29 is 19.4 Å². The SMILES string of the molecule is CCC1CC(N2CCOC(CC(=O)O)C2)CCO1.